The number of hydrogen-bond donors (Lipinski definition) is 0. The van der Waals surface area contributed by atoms with E-state index in [2.05, 4.69) is 34.3 Å². The van der Waals surface area contributed by atoms with Crippen molar-refractivity contribution in [1.29, 1.82) is 0 Å². The Morgan fingerprint density at radius 3 is 3.10 bits per heavy atom. The van der Waals surface area contributed by atoms with Crippen LogP contribution in [0.2, 0.25) is 0 Å². The molecule has 2 aliphatic heterocycles. The van der Waals surface area contributed by atoms with Gasteiger partial charge in [0.25, 0.3) is 0 Å². The molecule has 0 N–H and O–H groups in total. The van der Waals surface area contributed by atoms with Gasteiger partial charge in [-0.3, -0.25) is 4.79 Å². The standard InChI is InChI=1S/C23H31N3O2S2/c1-17-14-24-23(30-16-19-7-4-12-28-19)25-22(17)18-6-3-11-26(15-18)21(27)10-2-8-20-9-5-13-29-20/h5,9,13-14,18-19H,2-4,6-8,10-12,15-16H2,1H3/t18-,19+/m1/s1. The van der Waals surface area contributed by atoms with E-state index in [-0.39, 0.29) is 5.91 Å². The lowest BCUT2D eigenvalue weighted by molar-refractivity contribution is -0.132. The van der Waals surface area contributed by atoms with Crippen molar-refractivity contribution in [3.8, 4) is 0 Å². The summed E-state index contributed by atoms with van der Waals surface area (Å²) in [6.07, 6.45) is 9.27. The molecule has 2 saturated heterocycles. The predicted octanol–water partition coefficient (Wildman–Crippen LogP) is 4.85. The van der Waals surface area contributed by atoms with Gasteiger partial charge in [-0.25, -0.2) is 9.97 Å². The van der Waals surface area contributed by atoms with Crippen molar-refractivity contribution in [3.05, 3.63) is 39.8 Å². The lowest BCUT2D eigenvalue weighted by atomic mass is 9.92. The Balaban J connectivity index is 1.32. The number of aromatic nitrogens is 2. The van der Waals surface area contributed by atoms with Crippen molar-refractivity contribution in [2.75, 3.05) is 25.4 Å². The summed E-state index contributed by atoms with van der Waals surface area (Å²) < 4.78 is 5.72. The average Bonchev–Trinajstić information content (AvgIpc) is 3.47. The Morgan fingerprint density at radius 1 is 1.37 bits per heavy atom. The molecule has 0 aliphatic carbocycles. The van der Waals surface area contributed by atoms with Crippen LogP contribution in [0.1, 0.15) is 60.6 Å². The summed E-state index contributed by atoms with van der Waals surface area (Å²) in [7, 11) is 0. The highest BCUT2D eigenvalue weighted by Crippen LogP contribution is 2.30. The van der Waals surface area contributed by atoms with Crippen LogP contribution in [-0.4, -0.2) is 52.3 Å². The first-order valence-corrected chi connectivity index (χ1v) is 12.9. The van der Waals surface area contributed by atoms with Crippen LogP contribution in [0, 0.1) is 6.92 Å². The molecule has 0 unspecified atom stereocenters. The number of carbonyl (C=O) groups excluding carboxylic acids is 1. The molecule has 2 atom stereocenters. The van der Waals surface area contributed by atoms with Crippen molar-refractivity contribution in [2.24, 2.45) is 0 Å². The molecule has 30 heavy (non-hydrogen) atoms. The van der Waals surface area contributed by atoms with Crippen molar-refractivity contribution in [1.82, 2.24) is 14.9 Å². The topological polar surface area (TPSA) is 55.3 Å². The number of thioether (sulfide) groups is 1. The van der Waals surface area contributed by atoms with Gasteiger partial charge >= 0.3 is 0 Å². The molecular weight excluding hydrogens is 414 g/mol. The zero-order chi connectivity index (χ0) is 20.8. The first kappa shape index (κ1) is 21.8. The minimum Gasteiger partial charge on any atom is -0.377 e. The monoisotopic (exact) mass is 445 g/mol. The molecule has 2 aliphatic rings. The average molecular weight is 446 g/mol. The minimum absolute atomic E-state index is 0.288. The number of likely N-dealkylation sites (tertiary alicyclic amines) is 1. The van der Waals surface area contributed by atoms with Crippen LogP contribution in [0.5, 0.6) is 0 Å². The Labute approximate surface area is 187 Å². The second kappa shape index (κ2) is 10.7. The second-order valence-corrected chi connectivity index (χ2v) is 10.3. The molecule has 0 saturated carbocycles. The molecule has 4 heterocycles. The highest BCUT2D eigenvalue weighted by molar-refractivity contribution is 7.99. The highest BCUT2D eigenvalue weighted by Gasteiger charge is 2.27. The normalized spacial score (nSPS) is 21.8. The maximum atomic E-state index is 12.8. The Hall–Kier alpha value is -1.44. The van der Waals surface area contributed by atoms with Gasteiger partial charge in [0.05, 0.1) is 11.8 Å². The molecule has 7 heteroatoms. The molecular formula is C23H31N3O2S2. The van der Waals surface area contributed by atoms with E-state index < -0.39 is 0 Å². The fourth-order valence-corrected chi connectivity index (χ4v) is 5.96. The van der Waals surface area contributed by atoms with Crippen LogP contribution < -0.4 is 0 Å². The Morgan fingerprint density at radius 2 is 2.30 bits per heavy atom. The second-order valence-electron chi connectivity index (χ2n) is 8.28. The molecule has 0 bridgehead atoms. The number of thiophene rings is 1. The maximum absolute atomic E-state index is 12.8. The molecule has 2 aromatic rings. The summed E-state index contributed by atoms with van der Waals surface area (Å²) in [5, 5.41) is 2.94. The van der Waals surface area contributed by atoms with Gasteiger partial charge in [-0.2, -0.15) is 0 Å². The van der Waals surface area contributed by atoms with Crippen molar-refractivity contribution in [3.63, 3.8) is 0 Å². The minimum atomic E-state index is 0.288. The van der Waals surface area contributed by atoms with Crippen LogP contribution in [0.15, 0.2) is 28.9 Å². The summed E-state index contributed by atoms with van der Waals surface area (Å²) in [6, 6.07) is 4.23. The largest absolute Gasteiger partial charge is 0.377 e. The number of nitrogens with zero attached hydrogens (tertiary/aromatic N) is 3. The van der Waals surface area contributed by atoms with E-state index in [1.807, 2.05) is 6.20 Å². The Bertz CT molecular complexity index is 822. The van der Waals surface area contributed by atoms with Gasteiger partial charge in [-0.15, -0.1) is 11.3 Å². The lowest BCUT2D eigenvalue weighted by Crippen LogP contribution is -2.39. The molecule has 2 fully saturated rings. The third-order valence-electron chi connectivity index (χ3n) is 5.97. The third kappa shape index (κ3) is 5.83. The number of aryl methyl sites for hydroxylation is 2. The van der Waals surface area contributed by atoms with Gasteiger partial charge < -0.3 is 9.64 Å². The van der Waals surface area contributed by atoms with Gasteiger partial charge in [-0.05, 0) is 62.5 Å². The molecule has 0 spiro atoms. The maximum Gasteiger partial charge on any atom is 0.222 e. The summed E-state index contributed by atoms with van der Waals surface area (Å²) in [5.74, 6) is 1.52. The number of ether oxygens (including phenoxy) is 1. The van der Waals surface area contributed by atoms with Crippen molar-refractivity contribution >= 4 is 29.0 Å². The number of rotatable bonds is 8. The van der Waals surface area contributed by atoms with Gasteiger partial charge in [0.2, 0.25) is 5.91 Å². The smallest absolute Gasteiger partial charge is 0.222 e. The third-order valence-corrected chi connectivity index (χ3v) is 7.90. The predicted molar refractivity (Wildman–Crippen MR) is 122 cm³/mol. The SMILES string of the molecule is Cc1cnc(SC[C@@H]2CCCO2)nc1[C@@H]1CCCN(C(=O)CCCc2cccs2)C1. The van der Waals surface area contributed by atoms with Crippen molar-refractivity contribution in [2.45, 2.75) is 69.0 Å². The summed E-state index contributed by atoms with van der Waals surface area (Å²) in [4.78, 5) is 25.6. The van der Waals surface area contributed by atoms with E-state index in [1.165, 1.54) is 4.88 Å². The van der Waals surface area contributed by atoms with Gasteiger partial charge in [0, 0.05) is 48.9 Å². The summed E-state index contributed by atoms with van der Waals surface area (Å²) in [5.41, 5.74) is 2.25. The zero-order valence-electron chi connectivity index (χ0n) is 17.7. The molecule has 0 aromatic carbocycles. The first-order valence-electron chi connectivity index (χ1n) is 11.1. The molecule has 2 aromatic heterocycles. The van der Waals surface area contributed by atoms with Gasteiger partial charge in [0.15, 0.2) is 5.16 Å². The summed E-state index contributed by atoms with van der Waals surface area (Å²) in [6.45, 7) is 4.63. The molecule has 162 valence electrons. The van der Waals surface area contributed by atoms with Gasteiger partial charge in [-0.1, -0.05) is 17.8 Å². The van der Waals surface area contributed by atoms with Crippen LogP contribution in [-0.2, 0) is 16.0 Å². The fraction of sp³-hybridized carbons (Fsp3) is 0.609. The number of carbonyl (C=O) groups is 1. The van der Waals surface area contributed by atoms with E-state index in [0.29, 0.717) is 18.4 Å². The Kier molecular flexibility index (Phi) is 7.79. The quantitative estimate of drug-likeness (QED) is 0.430. The number of hydrogen-bond acceptors (Lipinski definition) is 6. The lowest BCUT2D eigenvalue weighted by Gasteiger charge is -2.33. The van der Waals surface area contributed by atoms with E-state index in [0.717, 1.165) is 80.4 Å². The first-order chi connectivity index (χ1) is 14.7. The molecule has 0 radical (unpaired) electrons. The molecule has 4 rings (SSSR count). The van der Waals surface area contributed by atoms with E-state index >= 15 is 0 Å². The fourth-order valence-electron chi connectivity index (χ4n) is 4.32. The summed E-state index contributed by atoms with van der Waals surface area (Å²) >= 11 is 3.47. The van der Waals surface area contributed by atoms with Gasteiger partial charge in [0.1, 0.15) is 0 Å². The van der Waals surface area contributed by atoms with Crippen LogP contribution in [0.3, 0.4) is 0 Å². The zero-order valence-corrected chi connectivity index (χ0v) is 19.3. The molecule has 1 amide bonds. The van der Waals surface area contributed by atoms with Crippen LogP contribution >= 0.6 is 23.1 Å². The van der Waals surface area contributed by atoms with Crippen molar-refractivity contribution < 1.29 is 9.53 Å². The van der Waals surface area contributed by atoms with Crippen LogP contribution in [0.4, 0.5) is 0 Å². The number of amides is 1. The van der Waals surface area contributed by atoms with Crippen LogP contribution in [0.25, 0.3) is 0 Å². The van der Waals surface area contributed by atoms with E-state index in [4.69, 9.17) is 9.72 Å². The molecule has 5 nitrogen and oxygen atoms in total. The van der Waals surface area contributed by atoms with E-state index in [9.17, 15) is 4.79 Å². The highest BCUT2D eigenvalue weighted by atomic mass is 32.2. The number of piperidine rings is 1. The van der Waals surface area contributed by atoms with E-state index in [1.54, 1.807) is 23.1 Å².